The fraction of sp³-hybridized carbons (Fsp3) is 0.636. The summed E-state index contributed by atoms with van der Waals surface area (Å²) in [5.74, 6) is -0.409. The zero-order chi connectivity index (χ0) is 11.4. The molecule has 0 heterocycles. The Kier molecular flexibility index (Phi) is 3.88. The number of hydrogen-bond donors (Lipinski definition) is 0. The van der Waals surface area contributed by atoms with Crippen LogP contribution in [0.1, 0.15) is 27.2 Å². The number of ether oxygens (including phenoxy) is 2. The van der Waals surface area contributed by atoms with Crippen molar-refractivity contribution in [1.29, 1.82) is 0 Å². The molecule has 0 aromatic rings. The normalized spacial score (nSPS) is 29.7. The van der Waals surface area contributed by atoms with Gasteiger partial charge in [0.15, 0.2) is 0 Å². The smallest absolute Gasteiger partial charge is 0.303 e. The van der Waals surface area contributed by atoms with Crippen LogP contribution in [0.15, 0.2) is 12.2 Å². The Balaban J connectivity index is 2.54. The first kappa shape index (κ1) is 11.8. The minimum Gasteiger partial charge on any atom is -0.458 e. The van der Waals surface area contributed by atoms with Crippen molar-refractivity contribution in [3.63, 3.8) is 0 Å². The summed E-state index contributed by atoms with van der Waals surface area (Å²) in [6.07, 6.45) is 3.85. The van der Waals surface area contributed by atoms with Crippen LogP contribution in [0.4, 0.5) is 0 Å². The summed E-state index contributed by atoms with van der Waals surface area (Å²) in [6, 6.07) is 0. The highest BCUT2D eigenvalue weighted by Crippen LogP contribution is 2.23. The maximum Gasteiger partial charge on any atom is 0.303 e. The zero-order valence-corrected chi connectivity index (χ0v) is 9.23. The van der Waals surface area contributed by atoms with Crippen molar-refractivity contribution in [2.24, 2.45) is 5.92 Å². The van der Waals surface area contributed by atoms with Gasteiger partial charge in [-0.25, -0.2) is 0 Å². The van der Waals surface area contributed by atoms with Crippen LogP contribution in [0.5, 0.6) is 0 Å². The molecular formula is C11H16O4. The summed E-state index contributed by atoms with van der Waals surface area (Å²) in [5.41, 5.74) is 0. The van der Waals surface area contributed by atoms with Crippen molar-refractivity contribution >= 4 is 11.9 Å². The maximum absolute atomic E-state index is 10.8. The van der Waals surface area contributed by atoms with Crippen LogP contribution in [-0.4, -0.2) is 24.1 Å². The van der Waals surface area contributed by atoms with Gasteiger partial charge in [-0.3, -0.25) is 9.59 Å². The molecule has 0 unspecified atom stereocenters. The molecule has 15 heavy (non-hydrogen) atoms. The van der Waals surface area contributed by atoms with Gasteiger partial charge in [0.05, 0.1) is 0 Å². The van der Waals surface area contributed by atoms with E-state index in [1.165, 1.54) is 13.8 Å². The van der Waals surface area contributed by atoms with Crippen LogP contribution in [0.3, 0.4) is 0 Å². The lowest BCUT2D eigenvalue weighted by molar-refractivity contribution is -0.151. The van der Waals surface area contributed by atoms with E-state index in [1.54, 1.807) is 12.2 Å². The predicted octanol–water partition coefficient (Wildman–Crippen LogP) is 1.45. The molecule has 1 rings (SSSR count). The van der Waals surface area contributed by atoms with Gasteiger partial charge in [0, 0.05) is 19.8 Å². The van der Waals surface area contributed by atoms with Crippen molar-refractivity contribution in [3.8, 4) is 0 Å². The van der Waals surface area contributed by atoms with E-state index in [4.69, 9.17) is 9.47 Å². The molecular weight excluding hydrogens is 196 g/mol. The Morgan fingerprint density at radius 3 is 2.20 bits per heavy atom. The molecule has 4 nitrogen and oxygen atoms in total. The summed E-state index contributed by atoms with van der Waals surface area (Å²) < 4.78 is 10.1. The molecule has 84 valence electrons. The summed E-state index contributed by atoms with van der Waals surface area (Å²) in [6.45, 7) is 4.74. The third kappa shape index (κ3) is 3.73. The van der Waals surface area contributed by atoms with Crippen molar-refractivity contribution in [2.45, 2.75) is 39.4 Å². The standard InChI is InChI=1S/C11H16O4/c1-7-6-10(14-8(2)12)4-5-11(7)15-9(3)13/h4-5,7,10-11H,6H2,1-3H3/t7-,10-,11-/m1/s1. The minimum absolute atomic E-state index is 0.170. The molecule has 0 saturated carbocycles. The van der Waals surface area contributed by atoms with E-state index in [9.17, 15) is 9.59 Å². The number of carbonyl (C=O) groups excluding carboxylic acids is 2. The molecule has 3 atom stereocenters. The molecule has 4 heteroatoms. The van der Waals surface area contributed by atoms with Crippen molar-refractivity contribution in [3.05, 3.63) is 12.2 Å². The lowest BCUT2D eigenvalue weighted by Gasteiger charge is -2.28. The highest BCUT2D eigenvalue weighted by Gasteiger charge is 2.26. The molecule has 0 aliphatic heterocycles. The molecule has 0 bridgehead atoms. The second-order valence-electron chi connectivity index (χ2n) is 3.82. The van der Waals surface area contributed by atoms with Gasteiger partial charge in [-0.05, 0) is 18.6 Å². The minimum atomic E-state index is -0.289. The largest absolute Gasteiger partial charge is 0.458 e. The van der Waals surface area contributed by atoms with Gasteiger partial charge in [0.2, 0.25) is 0 Å². The lowest BCUT2D eigenvalue weighted by Crippen LogP contribution is -2.31. The lowest BCUT2D eigenvalue weighted by atomic mass is 9.91. The van der Waals surface area contributed by atoms with Crippen LogP contribution in [-0.2, 0) is 19.1 Å². The van der Waals surface area contributed by atoms with E-state index >= 15 is 0 Å². The van der Waals surface area contributed by atoms with Crippen LogP contribution in [0.2, 0.25) is 0 Å². The van der Waals surface area contributed by atoms with Crippen LogP contribution in [0.25, 0.3) is 0 Å². The maximum atomic E-state index is 10.8. The number of hydrogen-bond acceptors (Lipinski definition) is 4. The fourth-order valence-electron chi connectivity index (χ4n) is 1.65. The van der Waals surface area contributed by atoms with E-state index in [0.29, 0.717) is 6.42 Å². The van der Waals surface area contributed by atoms with E-state index in [0.717, 1.165) is 0 Å². The molecule has 0 aromatic carbocycles. The third-order valence-corrected chi connectivity index (χ3v) is 2.30. The second kappa shape index (κ2) is 4.96. The highest BCUT2D eigenvalue weighted by atomic mass is 16.5. The van der Waals surface area contributed by atoms with Crippen molar-refractivity contribution in [2.75, 3.05) is 0 Å². The third-order valence-electron chi connectivity index (χ3n) is 2.30. The quantitative estimate of drug-likeness (QED) is 0.513. The topological polar surface area (TPSA) is 52.6 Å². The van der Waals surface area contributed by atoms with Crippen LogP contribution >= 0.6 is 0 Å². The first-order chi connectivity index (χ1) is 6.99. The summed E-state index contributed by atoms with van der Waals surface area (Å²) in [7, 11) is 0. The molecule has 0 saturated heterocycles. The van der Waals surface area contributed by atoms with Gasteiger partial charge in [-0.1, -0.05) is 6.92 Å². The molecule has 1 aliphatic carbocycles. The van der Waals surface area contributed by atoms with Gasteiger partial charge < -0.3 is 9.47 Å². The SMILES string of the molecule is CC(=O)O[C@@H]1C=C[C@@H](OC(C)=O)[C@H](C)C1. The Bertz CT molecular complexity index is 282. The molecule has 0 N–H and O–H groups in total. The van der Waals surface area contributed by atoms with Gasteiger partial charge in [0.25, 0.3) is 0 Å². The monoisotopic (exact) mass is 212 g/mol. The fourth-order valence-corrected chi connectivity index (χ4v) is 1.65. The molecule has 0 radical (unpaired) electrons. The number of carbonyl (C=O) groups is 2. The van der Waals surface area contributed by atoms with Gasteiger partial charge >= 0.3 is 11.9 Å². The molecule has 0 aromatic heterocycles. The number of esters is 2. The average molecular weight is 212 g/mol. The summed E-state index contributed by atoms with van der Waals surface area (Å²) in [5, 5.41) is 0. The van der Waals surface area contributed by atoms with E-state index in [2.05, 4.69) is 0 Å². The number of rotatable bonds is 2. The van der Waals surface area contributed by atoms with Crippen molar-refractivity contribution < 1.29 is 19.1 Å². The van der Waals surface area contributed by atoms with Crippen LogP contribution in [0, 0.1) is 5.92 Å². The van der Waals surface area contributed by atoms with E-state index < -0.39 is 0 Å². The second-order valence-corrected chi connectivity index (χ2v) is 3.82. The Morgan fingerprint density at radius 2 is 1.73 bits per heavy atom. The first-order valence-corrected chi connectivity index (χ1v) is 5.02. The van der Waals surface area contributed by atoms with E-state index in [1.807, 2.05) is 6.92 Å². The van der Waals surface area contributed by atoms with Crippen LogP contribution < -0.4 is 0 Å². The summed E-state index contributed by atoms with van der Waals surface area (Å²) in [4.78, 5) is 21.5. The Labute approximate surface area is 89.2 Å². The van der Waals surface area contributed by atoms with E-state index in [-0.39, 0.29) is 30.1 Å². The average Bonchev–Trinajstić information content (AvgIpc) is 2.08. The highest BCUT2D eigenvalue weighted by molar-refractivity contribution is 5.67. The van der Waals surface area contributed by atoms with Crippen molar-refractivity contribution in [1.82, 2.24) is 0 Å². The molecule has 0 fully saturated rings. The molecule has 0 amide bonds. The predicted molar refractivity (Wildman–Crippen MR) is 54.0 cm³/mol. The van der Waals surface area contributed by atoms with Gasteiger partial charge in [-0.2, -0.15) is 0 Å². The zero-order valence-electron chi connectivity index (χ0n) is 9.23. The van der Waals surface area contributed by atoms with Gasteiger partial charge in [0.1, 0.15) is 12.2 Å². The molecule has 1 aliphatic rings. The van der Waals surface area contributed by atoms with Gasteiger partial charge in [-0.15, -0.1) is 0 Å². The Morgan fingerprint density at radius 1 is 1.13 bits per heavy atom. The first-order valence-electron chi connectivity index (χ1n) is 5.02. The Hall–Kier alpha value is -1.32. The molecule has 0 spiro atoms. The summed E-state index contributed by atoms with van der Waals surface area (Å²) >= 11 is 0.